The summed E-state index contributed by atoms with van der Waals surface area (Å²) in [5.41, 5.74) is 0. The summed E-state index contributed by atoms with van der Waals surface area (Å²) in [4.78, 5) is 12.8. The maximum Gasteiger partial charge on any atom is 0.120 e. The first kappa shape index (κ1) is 9.72. The van der Waals surface area contributed by atoms with Crippen molar-refractivity contribution >= 4 is 6.29 Å². The Bertz CT molecular complexity index is 146. The average Bonchev–Trinajstić information content (AvgIpc) is 2.01. The fourth-order valence-corrected chi connectivity index (χ4v) is 2.16. The Morgan fingerprint density at radius 2 is 1.83 bits per heavy atom. The highest BCUT2D eigenvalue weighted by molar-refractivity contribution is 5.49. The van der Waals surface area contributed by atoms with Crippen molar-refractivity contribution in [2.24, 2.45) is 5.92 Å². The van der Waals surface area contributed by atoms with Crippen molar-refractivity contribution in [2.75, 3.05) is 7.05 Å². The predicted octanol–water partition coefficient (Wildman–Crippen LogP) is 1.69. The molecule has 1 saturated heterocycles. The number of aldehydes is 1. The Morgan fingerprint density at radius 3 is 2.25 bits per heavy atom. The van der Waals surface area contributed by atoms with Gasteiger partial charge >= 0.3 is 0 Å². The van der Waals surface area contributed by atoms with Crippen LogP contribution in [0.15, 0.2) is 0 Å². The molecule has 0 amide bonds. The van der Waals surface area contributed by atoms with E-state index in [0.717, 1.165) is 12.7 Å². The molecule has 70 valence electrons. The first-order chi connectivity index (χ1) is 5.65. The van der Waals surface area contributed by atoms with Crippen LogP contribution in [0.5, 0.6) is 0 Å². The van der Waals surface area contributed by atoms with Crippen LogP contribution in [-0.2, 0) is 4.79 Å². The van der Waals surface area contributed by atoms with Crippen LogP contribution in [0.2, 0.25) is 0 Å². The average molecular weight is 169 g/mol. The lowest BCUT2D eigenvalue weighted by Crippen LogP contribution is -2.43. The van der Waals surface area contributed by atoms with E-state index in [-0.39, 0.29) is 0 Å². The Kier molecular flexibility index (Phi) is 3.27. The van der Waals surface area contributed by atoms with Gasteiger partial charge in [-0.2, -0.15) is 0 Å². The number of carbonyl (C=O) groups excluding carboxylic acids is 1. The summed E-state index contributed by atoms with van der Waals surface area (Å²) < 4.78 is 0. The summed E-state index contributed by atoms with van der Waals surface area (Å²) in [6.07, 6.45) is 4.18. The molecule has 2 nitrogen and oxygen atoms in total. The molecule has 0 aromatic rings. The molecule has 2 heteroatoms. The summed E-state index contributed by atoms with van der Waals surface area (Å²) in [5.74, 6) is 0.628. The summed E-state index contributed by atoms with van der Waals surface area (Å²) in [7, 11) is 2.17. The van der Waals surface area contributed by atoms with Crippen molar-refractivity contribution in [3.05, 3.63) is 0 Å². The van der Waals surface area contributed by atoms with Crippen LogP contribution in [0.4, 0.5) is 0 Å². The van der Waals surface area contributed by atoms with Gasteiger partial charge < -0.3 is 9.69 Å². The molecule has 3 atom stereocenters. The van der Waals surface area contributed by atoms with Gasteiger partial charge in [0.2, 0.25) is 0 Å². The van der Waals surface area contributed by atoms with Gasteiger partial charge in [-0.3, -0.25) is 0 Å². The first-order valence-electron chi connectivity index (χ1n) is 4.80. The monoisotopic (exact) mass is 169 g/mol. The zero-order valence-electron chi connectivity index (χ0n) is 8.29. The number of nitrogens with zero attached hydrogens (tertiary/aromatic N) is 1. The summed E-state index contributed by atoms with van der Waals surface area (Å²) >= 11 is 0. The van der Waals surface area contributed by atoms with Gasteiger partial charge in [0.15, 0.2) is 0 Å². The van der Waals surface area contributed by atoms with Crippen LogP contribution >= 0.6 is 0 Å². The lowest BCUT2D eigenvalue weighted by Gasteiger charge is -2.39. The minimum Gasteiger partial charge on any atom is -0.303 e. The number of carbonyl (C=O) groups is 1. The molecule has 12 heavy (non-hydrogen) atoms. The second-order valence-corrected chi connectivity index (χ2v) is 4.10. The van der Waals surface area contributed by atoms with E-state index in [9.17, 15) is 4.79 Å². The molecule has 0 aromatic carbocycles. The minimum absolute atomic E-state index is 0.628. The first-order valence-corrected chi connectivity index (χ1v) is 4.80. The third-order valence-corrected chi connectivity index (χ3v) is 3.17. The van der Waals surface area contributed by atoms with E-state index in [1.54, 1.807) is 0 Å². The van der Waals surface area contributed by atoms with Gasteiger partial charge in [-0.05, 0) is 39.7 Å². The highest BCUT2D eigenvalue weighted by atomic mass is 16.1. The largest absolute Gasteiger partial charge is 0.303 e. The lowest BCUT2D eigenvalue weighted by atomic mass is 9.86. The second-order valence-electron chi connectivity index (χ2n) is 4.10. The number of likely N-dealkylation sites (tertiary alicyclic amines) is 1. The van der Waals surface area contributed by atoms with E-state index < -0.39 is 0 Å². The van der Waals surface area contributed by atoms with Gasteiger partial charge in [0.1, 0.15) is 6.29 Å². The summed E-state index contributed by atoms with van der Waals surface area (Å²) in [6, 6.07) is 1.28. The molecule has 0 radical (unpaired) electrons. The highest BCUT2D eigenvalue weighted by Gasteiger charge is 2.27. The summed E-state index contributed by atoms with van der Waals surface area (Å²) in [5, 5.41) is 0. The van der Waals surface area contributed by atoms with Crippen molar-refractivity contribution in [3.63, 3.8) is 0 Å². The lowest BCUT2D eigenvalue weighted by molar-refractivity contribution is -0.109. The van der Waals surface area contributed by atoms with Crippen LogP contribution in [0.1, 0.15) is 33.1 Å². The molecule has 1 heterocycles. The predicted molar refractivity (Wildman–Crippen MR) is 50.1 cm³/mol. The topological polar surface area (TPSA) is 20.3 Å². The third-order valence-electron chi connectivity index (χ3n) is 3.17. The van der Waals surface area contributed by atoms with Crippen molar-refractivity contribution in [1.82, 2.24) is 4.90 Å². The van der Waals surface area contributed by atoms with E-state index >= 15 is 0 Å². The van der Waals surface area contributed by atoms with Gasteiger partial charge in [0, 0.05) is 18.5 Å². The van der Waals surface area contributed by atoms with Gasteiger partial charge in [-0.1, -0.05) is 0 Å². The SMILES string of the molecule is C[C@@H]1CC(CC=O)C[C@H](C)N1C. The second kappa shape index (κ2) is 4.04. The third kappa shape index (κ3) is 2.07. The Balaban J connectivity index is 2.47. The minimum atomic E-state index is 0.628. The van der Waals surface area contributed by atoms with E-state index in [1.165, 1.54) is 12.8 Å². The maximum atomic E-state index is 10.4. The van der Waals surface area contributed by atoms with Gasteiger partial charge in [0.25, 0.3) is 0 Å². The number of rotatable bonds is 2. The molecule has 0 aliphatic carbocycles. The van der Waals surface area contributed by atoms with Crippen LogP contribution in [0.25, 0.3) is 0 Å². The normalized spacial score (nSPS) is 38.1. The molecular weight excluding hydrogens is 150 g/mol. The van der Waals surface area contributed by atoms with E-state index in [1.807, 2.05) is 0 Å². The molecule has 0 N–H and O–H groups in total. The molecule has 1 unspecified atom stereocenters. The Morgan fingerprint density at radius 1 is 1.33 bits per heavy atom. The van der Waals surface area contributed by atoms with Crippen molar-refractivity contribution in [3.8, 4) is 0 Å². The van der Waals surface area contributed by atoms with Crippen LogP contribution < -0.4 is 0 Å². The molecule has 1 aliphatic heterocycles. The van der Waals surface area contributed by atoms with Crippen molar-refractivity contribution < 1.29 is 4.79 Å². The van der Waals surface area contributed by atoms with Gasteiger partial charge in [-0.25, -0.2) is 0 Å². The maximum absolute atomic E-state index is 10.4. The van der Waals surface area contributed by atoms with E-state index in [4.69, 9.17) is 0 Å². The quantitative estimate of drug-likeness (QED) is 0.586. The van der Waals surface area contributed by atoms with Crippen LogP contribution in [0, 0.1) is 5.92 Å². The van der Waals surface area contributed by atoms with Gasteiger partial charge in [0.05, 0.1) is 0 Å². The molecule has 0 bridgehead atoms. The fourth-order valence-electron chi connectivity index (χ4n) is 2.16. The van der Waals surface area contributed by atoms with E-state index in [0.29, 0.717) is 18.0 Å². The van der Waals surface area contributed by atoms with E-state index in [2.05, 4.69) is 25.8 Å². The smallest absolute Gasteiger partial charge is 0.120 e. The van der Waals surface area contributed by atoms with Crippen LogP contribution in [-0.4, -0.2) is 30.3 Å². The number of piperidine rings is 1. The highest BCUT2D eigenvalue weighted by Crippen LogP contribution is 2.27. The molecule has 1 aliphatic rings. The molecular formula is C10H19NO. The number of hydrogen-bond donors (Lipinski definition) is 0. The Labute approximate surface area is 74.9 Å². The zero-order valence-corrected chi connectivity index (χ0v) is 8.29. The van der Waals surface area contributed by atoms with Gasteiger partial charge in [-0.15, -0.1) is 0 Å². The molecule has 1 rings (SSSR count). The van der Waals surface area contributed by atoms with Crippen LogP contribution in [0.3, 0.4) is 0 Å². The summed E-state index contributed by atoms with van der Waals surface area (Å²) in [6.45, 7) is 4.49. The Hall–Kier alpha value is -0.370. The van der Waals surface area contributed by atoms with Crippen molar-refractivity contribution in [2.45, 2.75) is 45.2 Å². The molecule has 0 spiro atoms. The fraction of sp³-hybridized carbons (Fsp3) is 0.900. The van der Waals surface area contributed by atoms with Crippen molar-refractivity contribution in [1.29, 1.82) is 0 Å². The standard InChI is InChI=1S/C10H19NO/c1-8-6-10(4-5-12)7-9(2)11(8)3/h5,8-10H,4,6-7H2,1-3H3/t8-,9+,10?. The molecule has 0 saturated carbocycles. The zero-order chi connectivity index (χ0) is 9.14. The number of hydrogen-bond acceptors (Lipinski definition) is 2. The molecule has 0 aromatic heterocycles. The molecule has 1 fully saturated rings.